The van der Waals surface area contributed by atoms with Crippen molar-refractivity contribution in [2.75, 3.05) is 11.9 Å². The van der Waals surface area contributed by atoms with Gasteiger partial charge in [0.15, 0.2) is 5.13 Å². The van der Waals surface area contributed by atoms with Crippen molar-refractivity contribution in [2.45, 2.75) is 26.3 Å². The first-order valence-electron chi connectivity index (χ1n) is 6.25. The van der Waals surface area contributed by atoms with Crippen molar-refractivity contribution in [3.05, 3.63) is 31.9 Å². The Kier molecular flexibility index (Phi) is 6.00. The van der Waals surface area contributed by atoms with Crippen LogP contribution in [0.15, 0.2) is 21.3 Å². The Morgan fingerprint density at radius 1 is 1.50 bits per heavy atom. The van der Waals surface area contributed by atoms with Gasteiger partial charge in [0.25, 0.3) is 0 Å². The quantitative estimate of drug-likeness (QED) is 0.741. The molecule has 0 saturated heterocycles. The molecule has 108 valence electrons. The van der Waals surface area contributed by atoms with Crippen LogP contribution in [0.3, 0.4) is 0 Å². The number of anilines is 1. The first-order valence-corrected chi connectivity index (χ1v) is 8.74. The van der Waals surface area contributed by atoms with E-state index >= 15 is 0 Å². The lowest BCUT2D eigenvalue weighted by atomic mass is 10.2. The van der Waals surface area contributed by atoms with Gasteiger partial charge in [-0.1, -0.05) is 0 Å². The smallest absolute Gasteiger partial charge is 0.306 e. The summed E-state index contributed by atoms with van der Waals surface area (Å²) >= 11 is 6.71. The van der Waals surface area contributed by atoms with Gasteiger partial charge >= 0.3 is 5.97 Å². The van der Waals surface area contributed by atoms with E-state index in [0.717, 1.165) is 21.2 Å². The summed E-state index contributed by atoms with van der Waals surface area (Å²) in [6.45, 7) is 3.01. The maximum atomic E-state index is 11.3. The third-order valence-corrected chi connectivity index (χ3v) is 4.96. The minimum absolute atomic E-state index is 0.168. The molecule has 2 aromatic rings. The summed E-state index contributed by atoms with van der Waals surface area (Å²) in [7, 11) is 0. The molecule has 0 saturated carbocycles. The number of aromatic nitrogens is 1. The number of carbonyl (C=O) groups is 1. The molecule has 0 aliphatic rings. The van der Waals surface area contributed by atoms with Gasteiger partial charge in [0.2, 0.25) is 0 Å². The van der Waals surface area contributed by atoms with Gasteiger partial charge < -0.3 is 10.1 Å². The Morgan fingerprint density at radius 3 is 3.05 bits per heavy atom. The van der Waals surface area contributed by atoms with Crippen LogP contribution in [0.1, 0.15) is 23.9 Å². The number of rotatable bonds is 7. The van der Waals surface area contributed by atoms with Gasteiger partial charge in [-0.2, -0.15) is 0 Å². The average molecular weight is 375 g/mol. The minimum Gasteiger partial charge on any atom is -0.466 e. The molecule has 2 rings (SSSR count). The summed E-state index contributed by atoms with van der Waals surface area (Å²) in [6.07, 6.45) is 1.01. The minimum atomic E-state index is -0.168. The number of hydrogen-bond acceptors (Lipinski definition) is 6. The fourth-order valence-corrected chi connectivity index (χ4v) is 3.74. The molecule has 0 radical (unpaired) electrons. The van der Waals surface area contributed by atoms with E-state index in [1.807, 2.05) is 18.4 Å². The van der Waals surface area contributed by atoms with Crippen molar-refractivity contribution < 1.29 is 9.53 Å². The predicted molar refractivity (Wildman–Crippen MR) is 86.4 cm³/mol. The molecule has 0 fully saturated rings. The average Bonchev–Trinajstić information content (AvgIpc) is 3.03. The van der Waals surface area contributed by atoms with Gasteiger partial charge in [-0.3, -0.25) is 4.79 Å². The van der Waals surface area contributed by atoms with Crippen molar-refractivity contribution in [3.8, 4) is 0 Å². The Labute approximate surface area is 134 Å². The number of esters is 1. The molecule has 0 amide bonds. The number of aryl methyl sites for hydroxylation is 1. The van der Waals surface area contributed by atoms with Crippen LogP contribution in [0.4, 0.5) is 5.13 Å². The zero-order valence-corrected chi connectivity index (χ0v) is 14.2. The summed E-state index contributed by atoms with van der Waals surface area (Å²) < 4.78 is 6.02. The van der Waals surface area contributed by atoms with Crippen LogP contribution in [-0.4, -0.2) is 17.6 Å². The zero-order chi connectivity index (χ0) is 14.4. The van der Waals surface area contributed by atoms with E-state index in [4.69, 9.17) is 4.74 Å². The van der Waals surface area contributed by atoms with E-state index in [1.165, 1.54) is 4.88 Å². The highest BCUT2D eigenvalue weighted by molar-refractivity contribution is 9.11. The van der Waals surface area contributed by atoms with Crippen LogP contribution < -0.4 is 5.32 Å². The second-order valence-electron chi connectivity index (χ2n) is 4.01. The lowest BCUT2D eigenvalue weighted by molar-refractivity contribution is -0.143. The van der Waals surface area contributed by atoms with E-state index < -0.39 is 0 Å². The largest absolute Gasteiger partial charge is 0.466 e. The van der Waals surface area contributed by atoms with E-state index in [1.54, 1.807) is 22.7 Å². The number of halogens is 1. The molecule has 0 atom stereocenters. The van der Waals surface area contributed by atoms with Gasteiger partial charge in [0, 0.05) is 16.7 Å². The standard InChI is InChI=1S/C13H15BrN2O2S2/c1-2-18-12(17)6-3-9-8-19-13(16-9)15-7-10-4-5-11(14)20-10/h4-5,8H,2-3,6-7H2,1H3,(H,15,16). The first-order chi connectivity index (χ1) is 9.67. The van der Waals surface area contributed by atoms with Crippen LogP contribution in [0.25, 0.3) is 0 Å². The second-order valence-corrected chi connectivity index (χ2v) is 7.41. The number of nitrogens with zero attached hydrogens (tertiary/aromatic N) is 1. The van der Waals surface area contributed by atoms with E-state index in [9.17, 15) is 4.79 Å². The molecule has 20 heavy (non-hydrogen) atoms. The monoisotopic (exact) mass is 374 g/mol. The maximum absolute atomic E-state index is 11.3. The molecule has 7 heteroatoms. The molecule has 0 aliphatic carbocycles. The second kappa shape index (κ2) is 7.75. The van der Waals surface area contributed by atoms with Gasteiger partial charge in [-0.05, 0) is 35.0 Å². The number of thiophene rings is 1. The van der Waals surface area contributed by atoms with Crippen molar-refractivity contribution in [1.82, 2.24) is 4.98 Å². The Balaban J connectivity index is 1.78. The lowest BCUT2D eigenvalue weighted by Gasteiger charge is -2.00. The first kappa shape index (κ1) is 15.5. The number of carbonyl (C=O) groups excluding carboxylic acids is 1. The molecule has 0 bridgehead atoms. The summed E-state index contributed by atoms with van der Waals surface area (Å²) in [6, 6.07) is 4.12. The SMILES string of the molecule is CCOC(=O)CCc1csc(NCc2ccc(Br)s2)n1. The molecule has 1 N–H and O–H groups in total. The maximum Gasteiger partial charge on any atom is 0.306 e. The molecule has 0 unspecified atom stereocenters. The lowest BCUT2D eigenvalue weighted by Crippen LogP contribution is -2.05. The van der Waals surface area contributed by atoms with Gasteiger partial charge in [-0.15, -0.1) is 22.7 Å². The molecule has 0 spiro atoms. The molecule has 0 aromatic carbocycles. The Morgan fingerprint density at radius 2 is 2.35 bits per heavy atom. The van der Waals surface area contributed by atoms with E-state index in [0.29, 0.717) is 19.4 Å². The van der Waals surface area contributed by atoms with Crippen molar-refractivity contribution >= 4 is 49.7 Å². The molecule has 2 aromatic heterocycles. The Hall–Kier alpha value is -0.920. The fraction of sp³-hybridized carbons (Fsp3) is 0.385. The van der Waals surface area contributed by atoms with Crippen LogP contribution >= 0.6 is 38.6 Å². The topological polar surface area (TPSA) is 51.2 Å². The van der Waals surface area contributed by atoms with Gasteiger partial charge in [0.1, 0.15) is 0 Å². The fourth-order valence-electron chi connectivity index (χ4n) is 1.58. The summed E-state index contributed by atoms with van der Waals surface area (Å²) in [4.78, 5) is 17.0. The molecular formula is C13H15BrN2O2S2. The molecule has 2 heterocycles. The third-order valence-electron chi connectivity index (χ3n) is 2.49. The number of nitrogens with one attached hydrogen (secondary N) is 1. The van der Waals surface area contributed by atoms with E-state index in [-0.39, 0.29) is 5.97 Å². The van der Waals surface area contributed by atoms with Crippen molar-refractivity contribution in [3.63, 3.8) is 0 Å². The molecular weight excluding hydrogens is 360 g/mol. The summed E-state index contributed by atoms with van der Waals surface area (Å²) in [5, 5.41) is 6.15. The van der Waals surface area contributed by atoms with Crippen LogP contribution in [0.5, 0.6) is 0 Å². The van der Waals surface area contributed by atoms with Crippen molar-refractivity contribution in [2.24, 2.45) is 0 Å². The van der Waals surface area contributed by atoms with Crippen molar-refractivity contribution in [1.29, 1.82) is 0 Å². The predicted octanol–water partition coefficient (Wildman–Crippen LogP) is 4.07. The zero-order valence-electron chi connectivity index (χ0n) is 11.0. The van der Waals surface area contributed by atoms with E-state index in [2.05, 4.69) is 32.3 Å². The highest BCUT2D eigenvalue weighted by Crippen LogP contribution is 2.24. The molecule has 0 aliphatic heterocycles. The number of ether oxygens (including phenoxy) is 1. The van der Waals surface area contributed by atoms with Crippen LogP contribution in [0.2, 0.25) is 0 Å². The van der Waals surface area contributed by atoms with Gasteiger partial charge in [0.05, 0.1) is 29.1 Å². The number of hydrogen-bond donors (Lipinski definition) is 1. The number of thiazole rings is 1. The highest BCUT2D eigenvalue weighted by Gasteiger charge is 2.06. The third kappa shape index (κ3) is 4.88. The highest BCUT2D eigenvalue weighted by atomic mass is 79.9. The van der Waals surface area contributed by atoms with Gasteiger partial charge in [-0.25, -0.2) is 4.98 Å². The van der Waals surface area contributed by atoms with Crippen LogP contribution in [-0.2, 0) is 22.5 Å². The summed E-state index contributed by atoms with van der Waals surface area (Å²) in [5.41, 5.74) is 0.929. The summed E-state index contributed by atoms with van der Waals surface area (Å²) in [5.74, 6) is -0.168. The Bertz CT molecular complexity index is 568. The van der Waals surface area contributed by atoms with Crippen LogP contribution in [0, 0.1) is 0 Å². The normalized spacial score (nSPS) is 10.5. The molecule has 4 nitrogen and oxygen atoms in total.